The van der Waals surface area contributed by atoms with Crippen LogP contribution in [0.4, 0.5) is 0 Å². The van der Waals surface area contributed by atoms with Gasteiger partial charge in [-0.1, -0.05) is 17.7 Å². The molecule has 1 aromatic heterocycles. The van der Waals surface area contributed by atoms with E-state index in [1.165, 1.54) is 37.4 Å². The van der Waals surface area contributed by atoms with E-state index in [2.05, 4.69) is 0 Å². The average Bonchev–Trinajstić information content (AvgIpc) is 3.18. The summed E-state index contributed by atoms with van der Waals surface area (Å²) in [6.45, 7) is 11.1. The summed E-state index contributed by atoms with van der Waals surface area (Å²) in [7, 11) is -3.91. The second-order valence-electron chi connectivity index (χ2n) is 9.81. The molecule has 33 heavy (non-hydrogen) atoms. The predicted molar refractivity (Wildman–Crippen MR) is 127 cm³/mol. The zero-order chi connectivity index (χ0) is 24.6. The minimum absolute atomic E-state index is 0.114. The first-order chi connectivity index (χ1) is 15.3. The van der Waals surface area contributed by atoms with Crippen LogP contribution in [-0.2, 0) is 24.4 Å². The zero-order valence-electron chi connectivity index (χ0n) is 20.1. The maximum atomic E-state index is 13.2. The van der Waals surface area contributed by atoms with Gasteiger partial charge in [-0.3, -0.25) is 4.79 Å². The monoisotopic (exact) mass is 472 g/mol. The van der Waals surface area contributed by atoms with Crippen LogP contribution >= 0.6 is 0 Å². The van der Waals surface area contributed by atoms with Crippen LogP contribution in [0.15, 0.2) is 53.1 Å². The summed E-state index contributed by atoms with van der Waals surface area (Å²) >= 11 is 0. The van der Waals surface area contributed by atoms with Crippen LogP contribution in [0.1, 0.15) is 65.1 Å². The Morgan fingerprint density at radius 2 is 1.58 bits per heavy atom. The lowest BCUT2D eigenvalue weighted by Gasteiger charge is -2.50. The number of ketones is 1. The van der Waals surface area contributed by atoms with Crippen molar-refractivity contribution in [3.05, 3.63) is 59.4 Å². The quantitative estimate of drug-likeness (QED) is 0.349. The normalized spacial score (nSPS) is 18.7. The molecule has 178 valence electrons. The van der Waals surface area contributed by atoms with Gasteiger partial charge in [0, 0.05) is 6.20 Å². The smallest absolute Gasteiger partial charge is 0.360 e. The number of hydrogen-bond acceptors (Lipinski definition) is 6. The minimum Gasteiger partial charge on any atom is -0.363 e. The summed E-state index contributed by atoms with van der Waals surface area (Å²) in [6.07, 6.45) is 5.37. The van der Waals surface area contributed by atoms with Crippen molar-refractivity contribution in [2.45, 2.75) is 76.8 Å². The number of benzene rings is 1. The van der Waals surface area contributed by atoms with Crippen molar-refractivity contribution in [1.82, 2.24) is 9.04 Å². The van der Waals surface area contributed by atoms with E-state index in [1.54, 1.807) is 23.3 Å². The zero-order valence-corrected chi connectivity index (χ0v) is 20.9. The van der Waals surface area contributed by atoms with Gasteiger partial charge in [-0.15, -0.1) is 5.06 Å². The highest BCUT2D eigenvalue weighted by molar-refractivity contribution is 7.90. The fraction of sp³-hybridized carbons (Fsp3) is 0.440. The average molecular weight is 473 g/mol. The molecule has 0 unspecified atom stereocenters. The molecule has 0 atom stereocenters. The van der Waals surface area contributed by atoms with Crippen LogP contribution in [0.3, 0.4) is 0 Å². The van der Waals surface area contributed by atoms with Gasteiger partial charge in [0.25, 0.3) is 10.0 Å². The van der Waals surface area contributed by atoms with E-state index in [4.69, 9.17) is 4.84 Å². The molecule has 0 spiro atoms. The van der Waals surface area contributed by atoms with Crippen LogP contribution in [0.2, 0.25) is 0 Å². The number of Topliss-reactive ketones (excluding diaryl/α,β-unsaturated/α-hetero) is 1. The predicted octanol–water partition coefficient (Wildman–Crippen LogP) is 4.51. The Bertz CT molecular complexity index is 1170. The van der Waals surface area contributed by atoms with Gasteiger partial charge in [-0.2, -0.15) is 0 Å². The van der Waals surface area contributed by atoms with E-state index in [9.17, 15) is 18.0 Å². The van der Waals surface area contributed by atoms with Crippen LogP contribution in [0.5, 0.6) is 0 Å². The first kappa shape index (κ1) is 24.9. The second-order valence-corrected chi connectivity index (χ2v) is 11.6. The van der Waals surface area contributed by atoms with Gasteiger partial charge in [0.2, 0.25) is 0 Å². The third-order valence-corrected chi connectivity index (χ3v) is 7.78. The van der Waals surface area contributed by atoms with Gasteiger partial charge in [0.1, 0.15) is 5.57 Å². The second kappa shape index (κ2) is 8.91. The van der Waals surface area contributed by atoms with Crippen molar-refractivity contribution in [2.24, 2.45) is 0 Å². The molecule has 2 heterocycles. The molecule has 0 radical (unpaired) electrons. The Morgan fingerprint density at radius 3 is 2.12 bits per heavy atom. The molecular weight excluding hydrogens is 440 g/mol. The molecule has 1 aliphatic heterocycles. The third kappa shape index (κ3) is 5.12. The van der Waals surface area contributed by atoms with Crippen molar-refractivity contribution in [3.63, 3.8) is 0 Å². The standard InChI is InChI=1S/C25H32N2O5S/c1-18-10-12-21(13-11-18)33(30,31)26-16-7-9-20(26)17-22(19(2)28)23(29)32-27-24(3,4)14-8-15-25(27,5)6/h7,9-13,16-17H,8,14-15H2,1-6H3/b22-17+. The molecule has 0 bridgehead atoms. The van der Waals surface area contributed by atoms with Crippen LogP contribution in [0, 0.1) is 6.92 Å². The Hall–Kier alpha value is -2.71. The summed E-state index contributed by atoms with van der Waals surface area (Å²) in [5.41, 5.74) is 0.121. The maximum Gasteiger partial charge on any atom is 0.360 e. The lowest BCUT2D eigenvalue weighted by Crippen LogP contribution is -2.59. The third-order valence-electron chi connectivity index (χ3n) is 6.06. The molecule has 0 saturated carbocycles. The summed E-state index contributed by atoms with van der Waals surface area (Å²) in [5, 5.41) is 1.67. The number of carbonyl (C=O) groups excluding carboxylic acids is 2. The number of hydrogen-bond donors (Lipinski definition) is 0. The highest BCUT2D eigenvalue weighted by atomic mass is 32.2. The Balaban J connectivity index is 1.97. The Kier molecular flexibility index (Phi) is 6.73. The lowest BCUT2D eigenvalue weighted by molar-refractivity contribution is -0.262. The minimum atomic E-state index is -3.91. The van der Waals surface area contributed by atoms with Crippen molar-refractivity contribution < 1.29 is 22.8 Å². The highest BCUT2D eigenvalue weighted by Crippen LogP contribution is 2.38. The van der Waals surface area contributed by atoms with E-state index >= 15 is 0 Å². The van der Waals surface area contributed by atoms with Gasteiger partial charge in [-0.25, -0.2) is 17.2 Å². The largest absolute Gasteiger partial charge is 0.363 e. The SMILES string of the molecule is CC(=O)/C(=C\c1cccn1S(=O)(=O)c1ccc(C)cc1)C(=O)ON1C(C)(C)CCCC1(C)C. The first-order valence-electron chi connectivity index (χ1n) is 11.0. The Labute approximate surface area is 196 Å². The fourth-order valence-electron chi connectivity index (χ4n) is 4.34. The van der Waals surface area contributed by atoms with Gasteiger partial charge in [-0.05, 0) is 91.1 Å². The van der Waals surface area contributed by atoms with Crippen LogP contribution < -0.4 is 0 Å². The molecule has 1 saturated heterocycles. The summed E-state index contributed by atoms with van der Waals surface area (Å²) < 4.78 is 27.4. The van der Waals surface area contributed by atoms with Crippen molar-refractivity contribution in [2.75, 3.05) is 0 Å². The molecule has 1 aromatic carbocycles. The summed E-state index contributed by atoms with van der Waals surface area (Å²) in [5.74, 6) is -1.31. The molecule has 0 amide bonds. The van der Waals surface area contributed by atoms with Crippen molar-refractivity contribution in [1.29, 1.82) is 0 Å². The molecule has 1 aliphatic rings. The molecule has 8 heteroatoms. The van der Waals surface area contributed by atoms with E-state index in [-0.39, 0.29) is 16.2 Å². The van der Waals surface area contributed by atoms with E-state index < -0.39 is 32.9 Å². The topological polar surface area (TPSA) is 85.7 Å². The van der Waals surface area contributed by atoms with Gasteiger partial charge < -0.3 is 4.84 Å². The molecule has 7 nitrogen and oxygen atoms in total. The number of aromatic nitrogens is 1. The van der Waals surface area contributed by atoms with Gasteiger partial charge in [0.15, 0.2) is 5.78 Å². The fourth-order valence-corrected chi connectivity index (χ4v) is 5.67. The van der Waals surface area contributed by atoms with E-state index in [0.29, 0.717) is 0 Å². The van der Waals surface area contributed by atoms with E-state index in [1.807, 2.05) is 34.6 Å². The van der Waals surface area contributed by atoms with Crippen molar-refractivity contribution >= 4 is 27.9 Å². The van der Waals surface area contributed by atoms with Crippen LogP contribution in [0.25, 0.3) is 6.08 Å². The molecular formula is C25H32N2O5S. The highest BCUT2D eigenvalue weighted by Gasteiger charge is 2.45. The number of nitrogens with zero attached hydrogens (tertiary/aromatic N) is 2. The van der Waals surface area contributed by atoms with Gasteiger partial charge in [0.05, 0.1) is 21.7 Å². The number of carbonyl (C=O) groups is 2. The molecule has 0 N–H and O–H groups in total. The first-order valence-corrected chi connectivity index (χ1v) is 12.4. The lowest BCUT2D eigenvalue weighted by atomic mass is 9.82. The number of hydroxylamine groups is 2. The van der Waals surface area contributed by atoms with Crippen LogP contribution in [-0.4, -0.2) is 40.3 Å². The summed E-state index contributed by atoms with van der Waals surface area (Å²) in [6, 6.07) is 9.57. The number of aryl methyl sites for hydroxylation is 1. The van der Waals surface area contributed by atoms with Gasteiger partial charge >= 0.3 is 5.97 Å². The molecule has 2 aromatic rings. The summed E-state index contributed by atoms with van der Waals surface area (Å²) in [4.78, 5) is 31.4. The molecule has 3 rings (SSSR count). The maximum absolute atomic E-state index is 13.2. The number of rotatable bonds is 6. The van der Waals surface area contributed by atoms with E-state index in [0.717, 1.165) is 28.8 Å². The van der Waals surface area contributed by atoms with Crippen molar-refractivity contribution in [3.8, 4) is 0 Å². The molecule has 0 aliphatic carbocycles. The Morgan fingerprint density at radius 1 is 1.00 bits per heavy atom. The number of piperidine rings is 1. The molecule has 1 fully saturated rings.